The van der Waals surface area contributed by atoms with Gasteiger partial charge in [-0.2, -0.15) is 0 Å². The predicted molar refractivity (Wildman–Crippen MR) is 89.1 cm³/mol. The Labute approximate surface area is 145 Å². The molecule has 2 amide bonds. The number of carbonyl (C=O) groups excluding carboxylic acids is 2. The van der Waals surface area contributed by atoms with Crippen molar-refractivity contribution < 1.29 is 24.2 Å². The number of carboxylic acids is 1. The number of carboxylic acid groups (broad SMARTS) is 1. The van der Waals surface area contributed by atoms with Gasteiger partial charge in [0, 0.05) is 18.8 Å². The van der Waals surface area contributed by atoms with Gasteiger partial charge in [0.2, 0.25) is 11.8 Å². The monoisotopic (exact) mass is 347 g/mol. The molecule has 8 heteroatoms. The molecule has 2 saturated heterocycles. The Morgan fingerprint density at radius 3 is 2.40 bits per heavy atom. The van der Waals surface area contributed by atoms with Crippen LogP contribution in [0, 0.1) is 0 Å². The van der Waals surface area contributed by atoms with Crippen LogP contribution in [0.4, 0.5) is 5.69 Å². The van der Waals surface area contributed by atoms with Crippen molar-refractivity contribution in [1.82, 2.24) is 10.2 Å². The van der Waals surface area contributed by atoms with Crippen molar-refractivity contribution >= 4 is 23.5 Å². The van der Waals surface area contributed by atoms with Crippen molar-refractivity contribution in [3.63, 3.8) is 0 Å². The zero-order chi connectivity index (χ0) is 18.0. The molecule has 0 aromatic heterocycles. The zero-order valence-electron chi connectivity index (χ0n) is 13.9. The predicted octanol–water partition coefficient (Wildman–Crippen LogP) is -0.308. The number of hydrogen-bond acceptors (Lipinski definition) is 5. The minimum absolute atomic E-state index is 0.173. The fourth-order valence-electron chi connectivity index (χ4n) is 3.00. The van der Waals surface area contributed by atoms with Gasteiger partial charge >= 0.3 is 5.97 Å². The summed E-state index contributed by atoms with van der Waals surface area (Å²) in [5.74, 6) is -1.65. The molecule has 2 fully saturated rings. The first kappa shape index (κ1) is 17.4. The number of para-hydroxylation sites is 1. The Bertz CT molecular complexity index is 660. The highest BCUT2D eigenvalue weighted by Crippen LogP contribution is 2.24. The van der Waals surface area contributed by atoms with E-state index in [1.807, 2.05) is 6.07 Å². The molecule has 0 unspecified atom stereocenters. The number of carbonyl (C=O) groups is 3. The molecule has 1 aromatic carbocycles. The molecule has 25 heavy (non-hydrogen) atoms. The van der Waals surface area contributed by atoms with Gasteiger partial charge in [-0.3, -0.25) is 24.6 Å². The van der Waals surface area contributed by atoms with Crippen LogP contribution >= 0.6 is 0 Å². The van der Waals surface area contributed by atoms with Gasteiger partial charge in [0.25, 0.3) is 0 Å². The quantitative estimate of drug-likeness (QED) is 0.708. The Morgan fingerprint density at radius 1 is 1.20 bits per heavy atom. The second-order valence-electron chi connectivity index (χ2n) is 6.12. The van der Waals surface area contributed by atoms with Crippen LogP contribution in [-0.4, -0.2) is 72.2 Å². The molecule has 0 aliphatic carbocycles. The molecule has 2 aliphatic heterocycles. The lowest BCUT2D eigenvalue weighted by Gasteiger charge is -2.34. The molecule has 8 nitrogen and oxygen atoms in total. The Hall–Kier alpha value is -2.45. The van der Waals surface area contributed by atoms with E-state index in [1.165, 1.54) is 4.90 Å². The van der Waals surface area contributed by atoms with Crippen LogP contribution in [0.15, 0.2) is 30.3 Å². The first-order valence-electron chi connectivity index (χ1n) is 8.24. The van der Waals surface area contributed by atoms with Crippen molar-refractivity contribution in [2.24, 2.45) is 0 Å². The summed E-state index contributed by atoms with van der Waals surface area (Å²) in [5.41, 5.74) is 0.569. The number of nitrogens with one attached hydrogen (secondary N) is 1. The molecule has 2 heterocycles. The van der Waals surface area contributed by atoms with E-state index in [9.17, 15) is 14.4 Å². The summed E-state index contributed by atoms with van der Waals surface area (Å²) >= 11 is 0. The third kappa shape index (κ3) is 3.64. The van der Waals surface area contributed by atoms with Crippen molar-refractivity contribution in [1.29, 1.82) is 0 Å². The largest absolute Gasteiger partial charge is 0.480 e. The fourth-order valence-corrected chi connectivity index (χ4v) is 3.00. The van der Waals surface area contributed by atoms with Gasteiger partial charge in [-0.1, -0.05) is 18.2 Å². The highest BCUT2D eigenvalue weighted by molar-refractivity contribution is 6.07. The van der Waals surface area contributed by atoms with Crippen LogP contribution in [0.5, 0.6) is 0 Å². The number of nitrogens with zero attached hydrogens (tertiary/aromatic N) is 2. The fraction of sp³-hybridized carbons (Fsp3) is 0.471. The average Bonchev–Trinajstić information content (AvgIpc) is 3.44. The summed E-state index contributed by atoms with van der Waals surface area (Å²) in [5, 5.41) is 11.7. The molecule has 1 aromatic rings. The standard InChI is InChI=1S/C17H21N3O5/c1-11(15(21)19-7-9-25-10-8-19)20(12-5-3-2-4-6-12)16(22)13-14(18-13)17(23)24/h2-6,11,13-14,18H,7-10H2,1H3,(H,23,24)/t11-,13+,14+/m0/s1. The lowest BCUT2D eigenvalue weighted by atomic mass is 10.1. The van der Waals surface area contributed by atoms with Gasteiger partial charge < -0.3 is 14.7 Å². The number of aliphatic carboxylic acids is 1. The molecule has 2 N–H and O–H groups in total. The van der Waals surface area contributed by atoms with Crippen LogP contribution in [0.25, 0.3) is 0 Å². The van der Waals surface area contributed by atoms with E-state index in [2.05, 4.69) is 5.32 Å². The third-order valence-electron chi connectivity index (χ3n) is 4.45. The van der Waals surface area contributed by atoms with E-state index in [0.717, 1.165) is 0 Å². The summed E-state index contributed by atoms with van der Waals surface area (Å²) in [6.07, 6.45) is 0. The van der Waals surface area contributed by atoms with Crippen LogP contribution in [-0.2, 0) is 19.1 Å². The van der Waals surface area contributed by atoms with Gasteiger partial charge in [-0.25, -0.2) is 0 Å². The van der Waals surface area contributed by atoms with Gasteiger partial charge in [0.05, 0.1) is 13.2 Å². The third-order valence-corrected chi connectivity index (χ3v) is 4.45. The van der Waals surface area contributed by atoms with Gasteiger partial charge in [0.15, 0.2) is 0 Å². The number of benzene rings is 1. The Balaban J connectivity index is 1.82. The zero-order valence-corrected chi connectivity index (χ0v) is 13.9. The maximum absolute atomic E-state index is 12.9. The maximum Gasteiger partial charge on any atom is 0.322 e. The number of morpholine rings is 1. The topological polar surface area (TPSA) is 109 Å². The minimum atomic E-state index is -1.07. The number of anilines is 1. The first-order chi connectivity index (χ1) is 12.0. The molecule has 3 atom stereocenters. The molecular formula is C17H21N3O5. The van der Waals surface area contributed by atoms with Gasteiger partial charge in [-0.15, -0.1) is 0 Å². The normalized spacial score (nSPS) is 23.6. The van der Waals surface area contributed by atoms with E-state index < -0.39 is 30.0 Å². The first-order valence-corrected chi connectivity index (χ1v) is 8.24. The number of ether oxygens (including phenoxy) is 1. The lowest BCUT2D eigenvalue weighted by molar-refractivity contribution is -0.138. The second-order valence-corrected chi connectivity index (χ2v) is 6.12. The smallest absolute Gasteiger partial charge is 0.322 e. The van der Waals surface area contributed by atoms with Crippen molar-refractivity contribution in [3.05, 3.63) is 30.3 Å². The number of rotatable bonds is 5. The van der Waals surface area contributed by atoms with Gasteiger partial charge in [-0.05, 0) is 19.1 Å². The van der Waals surface area contributed by atoms with Gasteiger partial charge in [0.1, 0.15) is 18.1 Å². The second kappa shape index (κ2) is 7.20. The van der Waals surface area contributed by atoms with E-state index >= 15 is 0 Å². The molecule has 0 radical (unpaired) electrons. The van der Waals surface area contributed by atoms with Crippen molar-refractivity contribution in [3.8, 4) is 0 Å². The Morgan fingerprint density at radius 2 is 1.84 bits per heavy atom. The summed E-state index contributed by atoms with van der Waals surface area (Å²) in [7, 11) is 0. The Kier molecular flexibility index (Phi) is 5.00. The highest BCUT2D eigenvalue weighted by Gasteiger charge is 2.51. The van der Waals surface area contributed by atoms with E-state index in [4.69, 9.17) is 9.84 Å². The van der Waals surface area contributed by atoms with Crippen molar-refractivity contribution in [2.45, 2.75) is 25.0 Å². The van der Waals surface area contributed by atoms with Crippen LogP contribution in [0.2, 0.25) is 0 Å². The van der Waals surface area contributed by atoms with E-state index in [-0.39, 0.29) is 5.91 Å². The molecular weight excluding hydrogens is 326 g/mol. The summed E-state index contributed by atoms with van der Waals surface area (Å²) in [4.78, 5) is 39.8. The minimum Gasteiger partial charge on any atom is -0.480 e. The molecule has 3 rings (SSSR count). The van der Waals surface area contributed by atoms with Crippen LogP contribution in [0.3, 0.4) is 0 Å². The number of hydrogen-bond donors (Lipinski definition) is 2. The van der Waals surface area contributed by atoms with Crippen molar-refractivity contribution in [2.75, 3.05) is 31.2 Å². The average molecular weight is 347 g/mol. The van der Waals surface area contributed by atoms with Crippen LogP contribution in [0.1, 0.15) is 6.92 Å². The molecule has 0 saturated carbocycles. The summed E-state index contributed by atoms with van der Waals surface area (Å²) in [6.45, 7) is 3.59. The maximum atomic E-state index is 12.9. The summed E-state index contributed by atoms with van der Waals surface area (Å²) in [6, 6.07) is 6.40. The van der Waals surface area contributed by atoms with Crippen LogP contribution < -0.4 is 10.2 Å². The summed E-state index contributed by atoms with van der Waals surface area (Å²) < 4.78 is 5.26. The molecule has 0 bridgehead atoms. The van der Waals surface area contributed by atoms with E-state index in [0.29, 0.717) is 32.0 Å². The highest BCUT2D eigenvalue weighted by atomic mass is 16.5. The lowest BCUT2D eigenvalue weighted by Crippen LogP contribution is -2.53. The molecule has 2 aliphatic rings. The molecule has 134 valence electrons. The number of amides is 2. The molecule has 0 spiro atoms. The SMILES string of the molecule is C[C@@H](C(=O)N1CCOCC1)N(C(=O)[C@@H]1N[C@H]1C(=O)O)c1ccccc1. The van der Waals surface area contributed by atoms with E-state index in [1.54, 1.807) is 36.1 Å².